The van der Waals surface area contributed by atoms with Gasteiger partial charge in [-0.1, -0.05) is 12.1 Å². The van der Waals surface area contributed by atoms with Gasteiger partial charge >= 0.3 is 0 Å². The number of nitrogens with one attached hydrogen (secondary N) is 2. The van der Waals surface area contributed by atoms with Gasteiger partial charge in [0.1, 0.15) is 11.4 Å². The van der Waals surface area contributed by atoms with Crippen molar-refractivity contribution >= 4 is 35.6 Å². The molecule has 1 fully saturated rings. The molecule has 0 radical (unpaired) electrons. The number of piperazine rings is 1. The molecule has 0 amide bonds. The van der Waals surface area contributed by atoms with Gasteiger partial charge in [0, 0.05) is 58.1 Å². The zero-order valence-electron chi connectivity index (χ0n) is 19.8. The molecular formula is C23H37FIN7O. The molecule has 10 heteroatoms. The summed E-state index contributed by atoms with van der Waals surface area (Å²) in [4.78, 5) is 9.09. The molecule has 2 aromatic rings. The van der Waals surface area contributed by atoms with Crippen LogP contribution in [0, 0.1) is 5.82 Å². The maximum absolute atomic E-state index is 14.0. The van der Waals surface area contributed by atoms with Crippen LogP contribution < -0.4 is 15.5 Å². The number of guanidine groups is 1. The summed E-state index contributed by atoms with van der Waals surface area (Å²) >= 11 is 0. The molecule has 1 atom stereocenters. The Morgan fingerprint density at radius 3 is 2.58 bits per heavy atom. The van der Waals surface area contributed by atoms with Crippen LogP contribution in [0.15, 0.2) is 41.7 Å². The highest BCUT2D eigenvalue weighted by atomic mass is 127. The quantitative estimate of drug-likeness (QED) is 0.185. The van der Waals surface area contributed by atoms with Gasteiger partial charge in [-0.15, -0.1) is 24.0 Å². The van der Waals surface area contributed by atoms with E-state index in [0.29, 0.717) is 11.6 Å². The molecule has 0 aliphatic carbocycles. The summed E-state index contributed by atoms with van der Waals surface area (Å²) in [6, 6.07) is 6.98. The first-order valence-corrected chi connectivity index (χ1v) is 11.3. The summed E-state index contributed by atoms with van der Waals surface area (Å²) in [6.07, 6.45) is 4.45. The van der Waals surface area contributed by atoms with Crippen molar-refractivity contribution in [3.8, 4) is 0 Å². The number of halogens is 2. The van der Waals surface area contributed by atoms with Crippen LogP contribution in [0.25, 0.3) is 0 Å². The molecule has 0 bridgehead atoms. The maximum atomic E-state index is 14.0. The van der Waals surface area contributed by atoms with E-state index < -0.39 is 5.60 Å². The number of hydrogen-bond donors (Lipinski definition) is 3. The second-order valence-corrected chi connectivity index (χ2v) is 8.43. The predicted molar refractivity (Wildman–Crippen MR) is 142 cm³/mol. The van der Waals surface area contributed by atoms with Crippen molar-refractivity contribution in [2.24, 2.45) is 12.0 Å². The van der Waals surface area contributed by atoms with Crippen LogP contribution in [0.1, 0.15) is 25.8 Å². The van der Waals surface area contributed by atoms with Crippen LogP contribution in [0.5, 0.6) is 0 Å². The number of anilines is 1. The molecule has 3 rings (SSSR count). The van der Waals surface area contributed by atoms with Crippen molar-refractivity contribution in [3.05, 3.63) is 48.0 Å². The fourth-order valence-corrected chi connectivity index (χ4v) is 3.80. The van der Waals surface area contributed by atoms with Gasteiger partial charge < -0.3 is 20.6 Å². The summed E-state index contributed by atoms with van der Waals surface area (Å²) in [5.74, 6) is 0.545. The molecule has 33 heavy (non-hydrogen) atoms. The Hall–Kier alpha value is -1.92. The molecule has 1 aliphatic rings. The van der Waals surface area contributed by atoms with Gasteiger partial charge in [0.25, 0.3) is 0 Å². The highest BCUT2D eigenvalue weighted by Crippen LogP contribution is 2.21. The Labute approximate surface area is 213 Å². The fraction of sp³-hybridized carbons (Fsp3) is 0.565. The van der Waals surface area contributed by atoms with Crippen molar-refractivity contribution in [1.29, 1.82) is 0 Å². The molecule has 184 valence electrons. The van der Waals surface area contributed by atoms with Crippen molar-refractivity contribution < 1.29 is 9.50 Å². The van der Waals surface area contributed by atoms with E-state index in [2.05, 4.69) is 30.5 Å². The van der Waals surface area contributed by atoms with Crippen LogP contribution in [0.3, 0.4) is 0 Å². The molecule has 1 saturated heterocycles. The number of aryl methyl sites for hydroxylation is 1. The molecule has 1 unspecified atom stereocenters. The zero-order valence-corrected chi connectivity index (χ0v) is 22.1. The number of benzene rings is 1. The van der Waals surface area contributed by atoms with Crippen molar-refractivity contribution in [2.45, 2.75) is 25.9 Å². The Morgan fingerprint density at radius 2 is 1.94 bits per heavy atom. The van der Waals surface area contributed by atoms with Crippen LogP contribution >= 0.6 is 24.0 Å². The third-order valence-electron chi connectivity index (χ3n) is 5.73. The second kappa shape index (κ2) is 13.1. The first-order valence-electron chi connectivity index (χ1n) is 11.3. The van der Waals surface area contributed by atoms with E-state index in [-0.39, 0.29) is 36.3 Å². The number of aliphatic hydroxyl groups is 1. The highest BCUT2D eigenvalue weighted by molar-refractivity contribution is 14.0. The normalized spacial score (nSPS) is 16.8. The summed E-state index contributed by atoms with van der Waals surface area (Å²) in [7, 11) is 1.83. The molecule has 1 aromatic heterocycles. The van der Waals surface area contributed by atoms with E-state index in [1.54, 1.807) is 23.9 Å². The summed E-state index contributed by atoms with van der Waals surface area (Å²) < 4.78 is 15.7. The number of nitrogens with zero attached hydrogens (tertiary/aromatic N) is 5. The second-order valence-electron chi connectivity index (χ2n) is 8.43. The van der Waals surface area contributed by atoms with Crippen LogP contribution in [0.2, 0.25) is 0 Å². The topological polar surface area (TPSA) is 80.9 Å². The third-order valence-corrected chi connectivity index (χ3v) is 5.73. The van der Waals surface area contributed by atoms with Gasteiger partial charge in [0.15, 0.2) is 5.96 Å². The van der Waals surface area contributed by atoms with Crippen LogP contribution in [-0.2, 0) is 12.6 Å². The molecule has 0 spiro atoms. The Kier molecular flexibility index (Phi) is 10.8. The lowest BCUT2D eigenvalue weighted by molar-refractivity contribution is 0.0672. The minimum atomic E-state index is -1.07. The van der Waals surface area contributed by atoms with E-state index in [1.165, 1.54) is 6.07 Å². The lowest BCUT2D eigenvalue weighted by Gasteiger charge is -2.36. The number of aliphatic imine (C=N–C) groups is 1. The van der Waals surface area contributed by atoms with Gasteiger partial charge in [-0.05, 0) is 38.9 Å². The molecule has 2 heterocycles. The lowest BCUT2D eigenvalue weighted by atomic mass is 10.0. The smallest absolute Gasteiger partial charge is 0.191 e. The van der Waals surface area contributed by atoms with E-state index in [9.17, 15) is 9.50 Å². The summed E-state index contributed by atoms with van der Waals surface area (Å²) in [5.41, 5.74) is 0.366. The zero-order chi connectivity index (χ0) is 23.0. The van der Waals surface area contributed by atoms with Gasteiger partial charge in [0.05, 0.1) is 18.4 Å². The molecule has 1 aliphatic heterocycles. The summed E-state index contributed by atoms with van der Waals surface area (Å²) in [5, 5.41) is 21.4. The standard InChI is InChI=1S/C23H36FN7O.HI/c1-4-25-22(27-18-23(2,32)19-16-28-29(3)17-19)26-10-7-11-30-12-14-31(15-13-30)21-9-6-5-8-20(21)24;/h5-6,8-9,16-17,32H,4,7,10-15,18H2,1-3H3,(H2,25,26,27);1H. The lowest BCUT2D eigenvalue weighted by Crippen LogP contribution is -2.47. The largest absolute Gasteiger partial charge is 0.383 e. The monoisotopic (exact) mass is 573 g/mol. The minimum absolute atomic E-state index is 0. The van der Waals surface area contributed by atoms with Crippen molar-refractivity contribution in [3.63, 3.8) is 0 Å². The van der Waals surface area contributed by atoms with Crippen LogP contribution in [-0.4, -0.2) is 78.1 Å². The predicted octanol–water partition coefficient (Wildman–Crippen LogP) is 2.15. The first kappa shape index (κ1) is 27.3. The van der Waals surface area contributed by atoms with Gasteiger partial charge in [-0.3, -0.25) is 9.58 Å². The van der Waals surface area contributed by atoms with Crippen molar-refractivity contribution in [1.82, 2.24) is 25.3 Å². The third kappa shape index (κ3) is 8.11. The Morgan fingerprint density at radius 1 is 1.21 bits per heavy atom. The molecule has 0 saturated carbocycles. The molecule has 3 N–H and O–H groups in total. The van der Waals surface area contributed by atoms with E-state index in [0.717, 1.165) is 57.8 Å². The highest BCUT2D eigenvalue weighted by Gasteiger charge is 2.24. The number of rotatable bonds is 9. The van der Waals surface area contributed by atoms with E-state index in [4.69, 9.17) is 0 Å². The maximum Gasteiger partial charge on any atom is 0.191 e. The van der Waals surface area contributed by atoms with Crippen molar-refractivity contribution in [2.75, 3.05) is 57.3 Å². The minimum Gasteiger partial charge on any atom is -0.383 e. The van der Waals surface area contributed by atoms with E-state index >= 15 is 0 Å². The molecule has 1 aromatic carbocycles. The SMILES string of the molecule is CCNC(=NCC(C)(O)c1cnn(C)c1)NCCCN1CCN(c2ccccc2F)CC1.I. The summed E-state index contributed by atoms with van der Waals surface area (Å²) in [6.45, 7) is 10.0. The van der Waals surface area contributed by atoms with Gasteiger partial charge in [-0.2, -0.15) is 5.10 Å². The number of aromatic nitrogens is 2. The van der Waals surface area contributed by atoms with Gasteiger partial charge in [-0.25, -0.2) is 9.38 Å². The van der Waals surface area contributed by atoms with Gasteiger partial charge in [0.2, 0.25) is 0 Å². The Balaban J connectivity index is 0.00000385. The number of para-hydroxylation sites is 1. The first-order chi connectivity index (χ1) is 15.4. The molecular weight excluding hydrogens is 536 g/mol. The average Bonchev–Trinajstić information content (AvgIpc) is 3.23. The molecule has 8 nitrogen and oxygen atoms in total. The number of hydrogen-bond acceptors (Lipinski definition) is 5. The fourth-order valence-electron chi connectivity index (χ4n) is 3.80. The van der Waals surface area contributed by atoms with E-state index in [1.807, 2.05) is 32.3 Å². The Bertz CT molecular complexity index is 881. The van der Waals surface area contributed by atoms with Crippen LogP contribution in [0.4, 0.5) is 10.1 Å². The average molecular weight is 573 g/mol.